The van der Waals surface area contributed by atoms with Crippen LogP contribution in [0.25, 0.3) is 0 Å². The predicted molar refractivity (Wildman–Crippen MR) is 90.7 cm³/mol. The Bertz CT molecular complexity index is 743. The highest BCUT2D eigenvalue weighted by atomic mass is 16.7. The minimum atomic E-state index is 0.354. The zero-order valence-electron chi connectivity index (χ0n) is 13.1. The number of benzene rings is 2. The van der Waals surface area contributed by atoms with Gasteiger partial charge in [-0.25, -0.2) is 10.2 Å². The molecule has 0 amide bonds. The molecule has 1 heterocycles. The van der Waals surface area contributed by atoms with Gasteiger partial charge in [-0.1, -0.05) is 60.7 Å². The minimum absolute atomic E-state index is 0.354. The van der Waals surface area contributed by atoms with Gasteiger partial charge < -0.3 is 4.84 Å². The van der Waals surface area contributed by atoms with Gasteiger partial charge in [0.15, 0.2) is 0 Å². The molecule has 6 heteroatoms. The molecule has 0 saturated heterocycles. The van der Waals surface area contributed by atoms with Crippen LogP contribution in [0.15, 0.2) is 84.3 Å². The van der Waals surface area contributed by atoms with Crippen molar-refractivity contribution in [3.05, 3.63) is 90.3 Å². The Labute approximate surface area is 140 Å². The van der Waals surface area contributed by atoms with Gasteiger partial charge >= 0.3 is 0 Å². The third-order valence-electron chi connectivity index (χ3n) is 3.19. The van der Waals surface area contributed by atoms with Crippen LogP contribution in [0.3, 0.4) is 0 Å². The summed E-state index contributed by atoms with van der Waals surface area (Å²) in [5, 5.41) is 8.20. The molecule has 3 aromatic rings. The summed E-state index contributed by atoms with van der Waals surface area (Å²) < 4.78 is 1.54. The minimum Gasteiger partial charge on any atom is -0.388 e. The lowest BCUT2D eigenvalue weighted by Crippen LogP contribution is -2.31. The van der Waals surface area contributed by atoms with Crippen LogP contribution in [0.2, 0.25) is 0 Å². The molecular formula is C18H18N4O2. The Morgan fingerprint density at radius 3 is 2.21 bits per heavy atom. The topological polar surface area (TPSA) is 60.7 Å². The summed E-state index contributed by atoms with van der Waals surface area (Å²) in [5.74, 6) is 0.354. The first-order chi connectivity index (χ1) is 11.9. The van der Waals surface area contributed by atoms with Crippen LogP contribution >= 0.6 is 0 Å². The molecule has 3 rings (SSSR count). The van der Waals surface area contributed by atoms with Gasteiger partial charge in [0.1, 0.15) is 6.61 Å². The van der Waals surface area contributed by atoms with E-state index in [1.807, 2.05) is 60.7 Å². The zero-order valence-corrected chi connectivity index (χ0v) is 13.1. The van der Waals surface area contributed by atoms with Crippen molar-refractivity contribution in [3.63, 3.8) is 0 Å². The maximum Gasteiger partial charge on any atom is 0.284 e. The van der Waals surface area contributed by atoms with Crippen LogP contribution in [-0.4, -0.2) is 15.7 Å². The first-order valence-corrected chi connectivity index (χ1v) is 7.57. The predicted octanol–water partition coefficient (Wildman–Crippen LogP) is 2.94. The third-order valence-corrected chi connectivity index (χ3v) is 3.19. The summed E-state index contributed by atoms with van der Waals surface area (Å²) in [6, 6.07) is 21.5. The number of hydroxylamine groups is 1. The van der Waals surface area contributed by atoms with Gasteiger partial charge in [0.05, 0.1) is 6.61 Å². The maximum absolute atomic E-state index is 5.49. The van der Waals surface area contributed by atoms with E-state index in [4.69, 9.17) is 9.68 Å². The number of nitrogens with one attached hydrogen (secondary N) is 1. The number of nitrogens with zero attached hydrogens (tertiary/aromatic N) is 3. The van der Waals surface area contributed by atoms with Gasteiger partial charge in [-0.05, 0) is 22.3 Å². The molecule has 0 aliphatic heterocycles. The lowest BCUT2D eigenvalue weighted by molar-refractivity contribution is 0.0595. The Morgan fingerprint density at radius 2 is 1.58 bits per heavy atom. The second kappa shape index (κ2) is 8.50. The summed E-state index contributed by atoms with van der Waals surface area (Å²) in [6.07, 6.45) is 3.41. The van der Waals surface area contributed by atoms with E-state index in [1.54, 1.807) is 18.5 Å². The molecule has 0 spiro atoms. The molecule has 0 unspecified atom stereocenters. The van der Waals surface area contributed by atoms with Crippen molar-refractivity contribution >= 4 is 5.96 Å². The molecule has 0 radical (unpaired) electrons. The van der Waals surface area contributed by atoms with Crippen LogP contribution in [0.4, 0.5) is 0 Å². The van der Waals surface area contributed by atoms with Crippen molar-refractivity contribution in [2.45, 2.75) is 13.2 Å². The fourth-order valence-electron chi connectivity index (χ4n) is 2.00. The smallest absolute Gasteiger partial charge is 0.284 e. The molecule has 0 fully saturated rings. The number of oxime groups is 1. The molecule has 1 aromatic heterocycles. The van der Waals surface area contributed by atoms with Gasteiger partial charge in [-0.15, -0.1) is 0 Å². The normalized spacial score (nSPS) is 11.2. The number of hydrogen-bond acceptors (Lipinski definition) is 4. The molecule has 0 aliphatic rings. The number of hydrogen-bond donors (Lipinski definition) is 1. The van der Waals surface area contributed by atoms with E-state index in [0.29, 0.717) is 19.2 Å². The molecule has 0 saturated carbocycles. The second-order valence-electron chi connectivity index (χ2n) is 5.00. The average Bonchev–Trinajstić information content (AvgIpc) is 3.17. The van der Waals surface area contributed by atoms with E-state index in [-0.39, 0.29) is 0 Å². The van der Waals surface area contributed by atoms with Crippen molar-refractivity contribution in [2.75, 3.05) is 0 Å². The van der Waals surface area contributed by atoms with Gasteiger partial charge in [0.25, 0.3) is 5.96 Å². The van der Waals surface area contributed by atoms with Crippen molar-refractivity contribution in [1.82, 2.24) is 15.3 Å². The standard InChI is InChI=1S/C18H18N4O2/c1-3-8-16(9-4-1)14-23-20-18(22-13-7-12-19-22)21-24-15-17-10-5-2-6-11-17/h1-13H,14-15H2,(H,20,21). The molecule has 0 atom stereocenters. The van der Waals surface area contributed by atoms with E-state index in [1.165, 1.54) is 4.68 Å². The fraction of sp³-hybridized carbons (Fsp3) is 0.111. The maximum atomic E-state index is 5.49. The van der Waals surface area contributed by atoms with Crippen molar-refractivity contribution in [3.8, 4) is 0 Å². The Kier molecular flexibility index (Phi) is 5.58. The Balaban J connectivity index is 1.58. The molecule has 122 valence electrons. The van der Waals surface area contributed by atoms with Crippen molar-refractivity contribution < 1.29 is 9.68 Å². The molecule has 24 heavy (non-hydrogen) atoms. The summed E-state index contributed by atoms with van der Waals surface area (Å²) in [4.78, 5) is 10.9. The summed E-state index contributed by atoms with van der Waals surface area (Å²) >= 11 is 0. The third kappa shape index (κ3) is 4.69. The van der Waals surface area contributed by atoms with E-state index < -0.39 is 0 Å². The molecule has 6 nitrogen and oxygen atoms in total. The lowest BCUT2D eigenvalue weighted by Gasteiger charge is -2.10. The van der Waals surface area contributed by atoms with Crippen LogP contribution in [0.1, 0.15) is 11.1 Å². The molecule has 1 N–H and O–H groups in total. The highest BCUT2D eigenvalue weighted by Crippen LogP contribution is 2.02. The number of rotatable bonds is 6. The van der Waals surface area contributed by atoms with E-state index in [2.05, 4.69) is 15.7 Å². The SMILES string of the molecule is c1ccc(CO/N=C(\NOCc2ccccc2)n2cccn2)cc1. The van der Waals surface area contributed by atoms with Gasteiger partial charge in [-0.3, -0.25) is 4.84 Å². The quantitative estimate of drug-likeness (QED) is 0.431. The van der Waals surface area contributed by atoms with Gasteiger partial charge in [0.2, 0.25) is 0 Å². The first kappa shape index (κ1) is 15.8. The highest BCUT2D eigenvalue weighted by Gasteiger charge is 2.04. The highest BCUT2D eigenvalue weighted by molar-refractivity contribution is 5.79. The summed E-state index contributed by atoms with van der Waals surface area (Å²) in [5.41, 5.74) is 4.87. The van der Waals surface area contributed by atoms with E-state index in [9.17, 15) is 0 Å². The monoisotopic (exact) mass is 322 g/mol. The largest absolute Gasteiger partial charge is 0.388 e. The van der Waals surface area contributed by atoms with E-state index in [0.717, 1.165) is 11.1 Å². The molecular weight excluding hydrogens is 304 g/mol. The number of aromatic nitrogens is 2. The molecule has 0 aliphatic carbocycles. The molecule has 0 bridgehead atoms. The van der Waals surface area contributed by atoms with Crippen LogP contribution < -0.4 is 5.48 Å². The van der Waals surface area contributed by atoms with Gasteiger partial charge in [0, 0.05) is 12.4 Å². The van der Waals surface area contributed by atoms with E-state index >= 15 is 0 Å². The zero-order chi connectivity index (χ0) is 16.5. The van der Waals surface area contributed by atoms with Crippen LogP contribution in [0.5, 0.6) is 0 Å². The van der Waals surface area contributed by atoms with Crippen LogP contribution in [0, 0.1) is 0 Å². The van der Waals surface area contributed by atoms with Crippen molar-refractivity contribution in [1.29, 1.82) is 0 Å². The van der Waals surface area contributed by atoms with Crippen molar-refractivity contribution in [2.24, 2.45) is 5.16 Å². The van der Waals surface area contributed by atoms with Crippen LogP contribution in [-0.2, 0) is 22.9 Å². The van der Waals surface area contributed by atoms with Gasteiger partial charge in [-0.2, -0.15) is 5.10 Å². The molecule has 2 aromatic carbocycles. The summed E-state index contributed by atoms with van der Waals surface area (Å²) in [7, 11) is 0. The fourth-order valence-corrected chi connectivity index (χ4v) is 2.00. The Hall–Kier alpha value is -3.12. The second-order valence-corrected chi connectivity index (χ2v) is 5.00. The Morgan fingerprint density at radius 1 is 0.917 bits per heavy atom. The average molecular weight is 322 g/mol. The first-order valence-electron chi connectivity index (χ1n) is 7.57. The summed E-state index contributed by atoms with van der Waals surface area (Å²) in [6.45, 7) is 0.770. The lowest BCUT2D eigenvalue weighted by atomic mass is 10.2.